The van der Waals surface area contributed by atoms with E-state index in [9.17, 15) is 0 Å². The number of nitrogens with two attached hydrogens (primary N) is 1. The Hall–Kier alpha value is -1.44. The fourth-order valence-corrected chi connectivity index (χ4v) is 3.43. The summed E-state index contributed by atoms with van der Waals surface area (Å²) in [5.41, 5.74) is 5.66. The van der Waals surface area contributed by atoms with E-state index < -0.39 is 0 Å². The molecule has 0 spiro atoms. The summed E-state index contributed by atoms with van der Waals surface area (Å²) in [6, 6.07) is 2.11. The Balaban J connectivity index is 1.65. The van der Waals surface area contributed by atoms with Gasteiger partial charge in [-0.25, -0.2) is 9.97 Å². The Morgan fingerprint density at radius 1 is 1.29 bits per heavy atom. The lowest BCUT2D eigenvalue weighted by Gasteiger charge is -2.37. The van der Waals surface area contributed by atoms with Crippen LogP contribution < -0.4 is 10.6 Å². The summed E-state index contributed by atoms with van der Waals surface area (Å²) in [4.78, 5) is 17.2. The summed E-state index contributed by atoms with van der Waals surface area (Å²) in [5, 5.41) is 3.57. The molecule has 1 aliphatic rings. The van der Waals surface area contributed by atoms with Gasteiger partial charge in [-0.3, -0.25) is 4.90 Å². The molecule has 1 saturated heterocycles. The maximum absolute atomic E-state index is 5.94. The summed E-state index contributed by atoms with van der Waals surface area (Å²) in [7, 11) is 0. The van der Waals surface area contributed by atoms with Crippen LogP contribution in [0.4, 0.5) is 11.8 Å². The number of hydrogen-bond acceptors (Lipinski definition) is 7. The first kappa shape index (κ1) is 14.5. The fraction of sp³-hybridized carbons (Fsp3) is 0.462. The predicted octanol–water partition coefficient (Wildman–Crippen LogP) is 2.05. The first-order valence-electron chi connectivity index (χ1n) is 6.82. The number of nitrogen functional groups attached to an aromatic ring is 1. The summed E-state index contributed by atoms with van der Waals surface area (Å²) in [6.45, 7) is 5.91. The number of hydrogen-bond donors (Lipinski definition) is 1. The molecule has 0 radical (unpaired) electrons. The van der Waals surface area contributed by atoms with Crippen LogP contribution in [-0.2, 0) is 0 Å². The number of anilines is 2. The monoisotopic (exact) mass is 324 g/mol. The van der Waals surface area contributed by atoms with E-state index in [2.05, 4.69) is 31.7 Å². The second kappa shape index (κ2) is 6.13. The molecular formula is C13H17ClN6S. The minimum Gasteiger partial charge on any atom is -0.368 e. The Bertz CT molecular complexity index is 576. The number of aromatic nitrogens is 3. The van der Waals surface area contributed by atoms with Crippen molar-refractivity contribution in [1.82, 2.24) is 19.9 Å². The Kier molecular flexibility index (Phi) is 4.23. The molecule has 1 unspecified atom stereocenters. The lowest BCUT2D eigenvalue weighted by atomic mass is 10.2. The van der Waals surface area contributed by atoms with Crippen molar-refractivity contribution in [2.45, 2.75) is 13.0 Å². The molecule has 1 fully saturated rings. The van der Waals surface area contributed by atoms with Crippen molar-refractivity contribution in [2.75, 3.05) is 36.8 Å². The van der Waals surface area contributed by atoms with Crippen LogP contribution in [0, 0.1) is 0 Å². The van der Waals surface area contributed by atoms with Gasteiger partial charge in [-0.15, -0.1) is 11.3 Å². The molecule has 0 aromatic carbocycles. The molecule has 1 aliphatic heterocycles. The van der Waals surface area contributed by atoms with Gasteiger partial charge in [0.05, 0.1) is 6.04 Å². The lowest BCUT2D eigenvalue weighted by Crippen LogP contribution is -2.47. The zero-order chi connectivity index (χ0) is 14.8. The smallest absolute Gasteiger partial charge is 0.223 e. The first-order valence-corrected chi connectivity index (χ1v) is 8.07. The Labute approximate surface area is 132 Å². The van der Waals surface area contributed by atoms with Crippen molar-refractivity contribution in [1.29, 1.82) is 0 Å². The standard InChI is InChI=1S/C13H17ClN6S/c1-9(12-16-2-7-21-12)19-3-5-20(6-4-19)11-8-10(14)17-13(15)18-11/h2,7-9H,3-6H2,1H3,(H2,15,17,18). The van der Waals surface area contributed by atoms with Crippen LogP contribution >= 0.6 is 22.9 Å². The van der Waals surface area contributed by atoms with E-state index in [4.69, 9.17) is 17.3 Å². The van der Waals surface area contributed by atoms with Gasteiger partial charge in [0.25, 0.3) is 0 Å². The minimum atomic E-state index is 0.219. The summed E-state index contributed by atoms with van der Waals surface area (Å²) < 4.78 is 0. The molecule has 0 saturated carbocycles. The molecule has 3 rings (SSSR count). The molecule has 2 aromatic rings. The Morgan fingerprint density at radius 3 is 2.67 bits per heavy atom. The van der Waals surface area contributed by atoms with Crippen molar-refractivity contribution in [3.63, 3.8) is 0 Å². The van der Waals surface area contributed by atoms with E-state index in [1.807, 2.05) is 11.6 Å². The highest BCUT2D eigenvalue weighted by Gasteiger charge is 2.24. The maximum Gasteiger partial charge on any atom is 0.223 e. The zero-order valence-electron chi connectivity index (χ0n) is 11.7. The molecule has 112 valence electrons. The average molecular weight is 325 g/mol. The van der Waals surface area contributed by atoms with Crippen molar-refractivity contribution in [3.05, 3.63) is 27.8 Å². The van der Waals surface area contributed by atoms with Gasteiger partial charge in [-0.2, -0.15) is 4.98 Å². The molecule has 8 heteroatoms. The van der Waals surface area contributed by atoms with Crippen LogP contribution in [0.3, 0.4) is 0 Å². The van der Waals surface area contributed by atoms with Crippen LogP contribution in [0.15, 0.2) is 17.6 Å². The van der Waals surface area contributed by atoms with Gasteiger partial charge in [-0.1, -0.05) is 11.6 Å². The number of rotatable bonds is 3. The summed E-state index contributed by atoms with van der Waals surface area (Å²) in [5.74, 6) is 1.02. The van der Waals surface area contributed by atoms with Gasteiger partial charge in [0, 0.05) is 43.8 Å². The van der Waals surface area contributed by atoms with Gasteiger partial charge in [0.2, 0.25) is 5.95 Å². The number of thiazole rings is 1. The predicted molar refractivity (Wildman–Crippen MR) is 85.8 cm³/mol. The second-order valence-electron chi connectivity index (χ2n) is 4.98. The van der Waals surface area contributed by atoms with E-state index in [-0.39, 0.29) is 5.95 Å². The van der Waals surface area contributed by atoms with E-state index in [1.165, 1.54) is 0 Å². The van der Waals surface area contributed by atoms with Crippen molar-refractivity contribution in [2.24, 2.45) is 0 Å². The molecule has 3 heterocycles. The molecule has 1 atom stereocenters. The maximum atomic E-state index is 5.94. The number of piperazine rings is 1. The van der Waals surface area contributed by atoms with Crippen LogP contribution in [0.2, 0.25) is 5.15 Å². The third-order valence-electron chi connectivity index (χ3n) is 3.69. The molecule has 2 aromatic heterocycles. The Morgan fingerprint density at radius 2 is 2.05 bits per heavy atom. The third-order valence-corrected chi connectivity index (χ3v) is 4.83. The van der Waals surface area contributed by atoms with E-state index in [1.54, 1.807) is 17.4 Å². The van der Waals surface area contributed by atoms with Gasteiger partial charge in [0.15, 0.2) is 0 Å². The van der Waals surface area contributed by atoms with Crippen molar-refractivity contribution in [3.8, 4) is 0 Å². The van der Waals surface area contributed by atoms with Crippen molar-refractivity contribution >= 4 is 34.7 Å². The van der Waals surface area contributed by atoms with Gasteiger partial charge >= 0.3 is 0 Å². The quantitative estimate of drug-likeness (QED) is 0.871. The van der Waals surface area contributed by atoms with E-state index in [0.29, 0.717) is 11.2 Å². The third kappa shape index (κ3) is 3.25. The van der Waals surface area contributed by atoms with Crippen LogP contribution in [-0.4, -0.2) is 46.0 Å². The topological polar surface area (TPSA) is 71.2 Å². The lowest BCUT2D eigenvalue weighted by molar-refractivity contribution is 0.198. The highest BCUT2D eigenvalue weighted by molar-refractivity contribution is 7.09. The number of halogens is 1. The fourth-order valence-electron chi connectivity index (χ4n) is 2.52. The van der Waals surface area contributed by atoms with E-state index in [0.717, 1.165) is 37.0 Å². The second-order valence-corrected chi connectivity index (χ2v) is 6.29. The van der Waals surface area contributed by atoms with Crippen LogP contribution in [0.25, 0.3) is 0 Å². The molecular weight excluding hydrogens is 308 g/mol. The average Bonchev–Trinajstić information content (AvgIpc) is 3.00. The summed E-state index contributed by atoms with van der Waals surface area (Å²) >= 11 is 7.65. The highest BCUT2D eigenvalue weighted by Crippen LogP contribution is 2.25. The normalized spacial score (nSPS) is 17.9. The molecule has 6 nitrogen and oxygen atoms in total. The number of nitrogens with zero attached hydrogens (tertiary/aromatic N) is 5. The highest BCUT2D eigenvalue weighted by atomic mass is 35.5. The SMILES string of the molecule is CC(c1nccs1)N1CCN(c2cc(Cl)nc(N)n2)CC1. The van der Waals surface area contributed by atoms with Crippen LogP contribution in [0.5, 0.6) is 0 Å². The largest absolute Gasteiger partial charge is 0.368 e. The van der Waals surface area contributed by atoms with Crippen molar-refractivity contribution < 1.29 is 0 Å². The zero-order valence-corrected chi connectivity index (χ0v) is 13.3. The molecule has 0 amide bonds. The molecule has 2 N–H and O–H groups in total. The van der Waals surface area contributed by atoms with Gasteiger partial charge < -0.3 is 10.6 Å². The molecule has 0 aliphatic carbocycles. The summed E-state index contributed by atoms with van der Waals surface area (Å²) in [6.07, 6.45) is 1.86. The van der Waals surface area contributed by atoms with Gasteiger partial charge in [0.1, 0.15) is 16.0 Å². The van der Waals surface area contributed by atoms with Gasteiger partial charge in [-0.05, 0) is 6.92 Å². The van der Waals surface area contributed by atoms with Crippen LogP contribution in [0.1, 0.15) is 18.0 Å². The molecule has 21 heavy (non-hydrogen) atoms. The van der Waals surface area contributed by atoms with E-state index >= 15 is 0 Å². The molecule has 0 bridgehead atoms. The first-order chi connectivity index (χ1) is 10.1. The minimum absolute atomic E-state index is 0.219.